The van der Waals surface area contributed by atoms with E-state index in [2.05, 4.69) is 0 Å². The average molecular weight is 342 g/mol. The van der Waals surface area contributed by atoms with Gasteiger partial charge in [-0.3, -0.25) is 0 Å². The zero-order valence-corrected chi connectivity index (χ0v) is 13.0. The molecule has 20 heavy (non-hydrogen) atoms. The Kier molecular flexibility index (Phi) is 4.22. The normalized spacial score (nSPS) is 22.6. The van der Waals surface area contributed by atoms with Crippen LogP contribution in [0.2, 0.25) is 0 Å². The summed E-state index contributed by atoms with van der Waals surface area (Å²) in [4.78, 5) is 0. The molecule has 0 saturated heterocycles. The maximum atomic E-state index is 12.3. The third-order valence-corrected chi connectivity index (χ3v) is 7.80. The number of primary sulfonamides is 1. The first-order valence-corrected chi connectivity index (χ1v) is 9.32. The largest absolute Gasteiger partial charge is 0.387 e. The summed E-state index contributed by atoms with van der Waals surface area (Å²) in [5, 5.41) is 15.0. The van der Waals surface area contributed by atoms with Crippen molar-refractivity contribution < 1.29 is 26.7 Å². The molecule has 114 valence electrons. The minimum absolute atomic E-state index is 0.0766. The van der Waals surface area contributed by atoms with Gasteiger partial charge in [0.05, 0.1) is 12.7 Å². The lowest BCUT2D eigenvalue weighted by Gasteiger charge is -2.29. The van der Waals surface area contributed by atoms with Crippen LogP contribution < -0.4 is 5.14 Å². The predicted molar refractivity (Wildman–Crippen MR) is 71.3 cm³/mol. The van der Waals surface area contributed by atoms with Gasteiger partial charge in [0.2, 0.25) is 10.0 Å². The van der Waals surface area contributed by atoms with Gasteiger partial charge in [-0.2, -0.15) is 4.31 Å². The van der Waals surface area contributed by atoms with Crippen molar-refractivity contribution in [3.63, 3.8) is 0 Å². The Morgan fingerprint density at radius 3 is 2.80 bits per heavy atom. The van der Waals surface area contributed by atoms with Crippen molar-refractivity contribution in [1.82, 2.24) is 4.31 Å². The van der Waals surface area contributed by atoms with Crippen molar-refractivity contribution in [3.8, 4) is 0 Å². The highest BCUT2D eigenvalue weighted by Gasteiger charge is 2.39. The Labute approximate surface area is 120 Å². The molecule has 1 aromatic heterocycles. The number of aliphatic hydroxyl groups is 1. The van der Waals surface area contributed by atoms with Crippen LogP contribution in [0.15, 0.2) is 14.5 Å². The van der Waals surface area contributed by atoms with Gasteiger partial charge in [0.1, 0.15) is 8.42 Å². The second-order valence-electron chi connectivity index (χ2n) is 4.22. The number of sulfonamides is 2. The number of aliphatic hydroxyl groups excluding tert-OH is 1. The van der Waals surface area contributed by atoms with Crippen molar-refractivity contribution in [2.75, 3.05) is 26.8 Å². The van der Waals surface area contributed by atoms with Crippen molar-refractivity contribution in [3.05, 3.63) is 11.6 Å². The fraction of sp³-hybridized carbons (Fsp3) is 0.556. The van der Waals surface area contributed by atoms with Crippen molar-refractivity contribution >= 4 is 31.4 Å². The molecule has 0 saturated carbocycles. The van der Waals surface area contributed by atoms with E-state index in [1.807, 2.05) is 0 Å². The van der Waals surface area contributed by atoms with Gasteiger partial charge in [-0.1, -0.05) is 0 Å². The third kappa shape index (κ3) is 2.74. The molecule has 0 bridgehead atoms. The number of β-amino-alcohol motifs (C(OH)–C–C–N with tert-alkyl or cyclic N) is 1. The van der Waals surface area contributed by atoms with Crippen LogP contribution >= 0.6 is 11.3 Å². The fourth-order valence-corrected chi connectivity index (χ4v) is 6.08. The fourth-order valence-electron chi connectivity index (χ4n) is 1.85. The van der Waals surface area contributed by atoms with Gasteiger partial charge < -0.3 is 9.84 Å². The molecule has 3 N–H and O–H groups in total. The summed E-state index contributed by atoms with van der Waals surface area (Å²) in [6.45, 7) is 0.117. The summed E-state index contributed by atoms with van der Waals surface area (Å²) >= 11 is 0.547. The second-order valence-corrected chi connectivity index (χ2v) is 9.20. The first-order chi connectivity index (χ1) is 9.17. The number of rotatable bonds is 4. The zero-order valence-electron chi connectivity index (χ0n) is 10.5. The van der Waals surface area contributed by atoms with Crippen molar-refractivity contribution in [1.29, 1.82) is 0 Å². The van der Waals surface area contributed by atoms with Gasteiger partial charge in [0.15, 0.2) is 0 Å². The van der Waals surface area contributed by atoms with Crippen LogP contribution in [-0.2, 0) is 24.8 Å². The molecule has 1 atom stereocenters. The van der Waals surface area contributed by atoms with E-state index in [-0.39, 0.29) is 33.7 Å². The van der Waals surface area contributed by atoms with Gasteiger partial charge in [-0.05, 0) is 6.07 Å². The van der Waals surface area contributed by atoms with E-state index < -0.39 is 26.2 Å². The number of hydrogen-bond donors (Lipinski definition) is 2. The second kappa shape index (κ2) is 5.33. The maximum Gasteiger partial charge on any atom is 0.253 e. The molecule has 1 aliphatic rings. The van der Waals surface area contributed by atoms with Crippen LogP contribution in [0.3, 0.4) is 0 Å². The number of ether oxygens (including phenoxy) is 1. The summed E-state index contributed by atoms with van der Waals surface area (Å²) < 4.78 is 52.7. The highest BCUT2D eigenvalue weighted by atomic mass is 32.3. The van der Waals surface area contributed by atoms with Crippen LogP contribution in [0.25, 0.3) is 0 Å². The molecule has 0 fully saturated rings. The number of nitrogens with two attached hydrogens (primary N) is 1. The Bertz CT molecular complexity index is 708. The molecule has 0 aromatic carbocycles. The third-order valence-electron chi connectivity index (χ3n) is 2.84. The maximum absolute atomic E-state index is 12.3. The molecule has 11 heteroatoms. The molecule has 2 heterocycles. The number of fused-ring (bicyclic) bond motifs is 1. The molecular formula is C9H14N2O6S3. The molecule has 0 aliphatic carbocycles. The molecule has 8 nitrogen and oxygen atoms in total. The molecule has 0 unspecified atom stereocenters. The predicted octanol–water partition coefficient (Wildman–Crippen LogP) is -0.920. The summed E-state index contributed by atoms with van der Waals surface area (Å²) in [6, 6.07) is 1.12. The van der Waals surface area contributed by atoms with Crippen LogP contribution in [0.4, 0.5) is 0 Å². The van der Waals surface area contributed by atoms with Crippen LogP contribution in [0.1, 0.15) is 11.7 Å². The minimum atomic E-state index is -4.01. The minimum Gasteiger partial charge on any atom is -0.387 e. The lowest BCUT2D eigenvalue weighted by molar-refractivity contribution is 0.120. The topological polar surface area (TPSA) is 127 Å². The highest BCUT2D eigenvalue weighted by Crippen LogP contribution is 2.39. The molecule has 0 radical (unpaired) electrons. The summed E-state index contributed by atoms with van der Waals surface area (Å²) in [6.07, 6.45) is -1.09. The quantitative estimate of drug-likeness (QED) is 0.728. The standard InChI is InChI=1S/C9H14N2O6S3/c1-17-3-2-11-5-7(12)6-4-8(19(10,13)14)18-9(6)20(11,15)16/h4,7,12H,2-3,5H2,1H3,(H2,10,13,14)/t7-/m1/s1. The van der Waals surface area contributed by atoms with Crippen molar-refractivity contribution in [2.45, 2.75) is 14.5 Å². The Hall–Kier alpha value is -0.560. The molecule has 1 aliphatic heterocycles. The first kappa shape index (κ1) is 15.8. The number of hydrogen-bond acceptors (Lipinski definition) is 7. The molecule has 0 spiro atoms. The van der Waals surface area contributed by atoms with E-state index in [9.17, 15) is 21.9 Å². The van der Waals surface area contributed by atoms with Gasteiger partial charge in [0, 0.05) is 25.8 Å². The molecule has 2 rings (SSSR count). The lowest BCUT2D eigenvalue weighted by Crippen LogP contribution is -2.40. The van der Waals surface area contributed by atoms with Gasteiger partial charge in [-0.15, -0.1) is 11.3 Å². The van der Waals surface area contributed by atoms with E-state index in [0.717, 1.165) is 10.4 Å². The smallest absolute Gasteiger partial charge is 0.253 e. The summed E-state index contributed by atoms with van der Waals surface area (Å²) in [5.74, 6) is 0. The van der Waals surface area contributed by atoms with E-state index in [1.54, 1.807) is 0 Å². The zero-order chi connectivity index (χ0) is 15.1. The average Bonchev–Trinajstić information content (AvgIpc) is 2.78. The van der Waals surface area contributed by atoms with E-state index >= 15 is 0 Å². The van der Waals surface area contributed by atoms with Gasteiger partial charge >= 0.3 is 0 Å². The van der Waals surface area contributed by atoms with Gasteiger partial charge in [-0.25, -0.2) is 22.0 Å². The Morgan fingerprint density at radius 1 is 1.60 bits per heavy atom. The first-order valence-electron chi connectivity index (χ1n) is 5.51. The molecule has 0 amide bonds. The Balaban J connectivity index is 2.51. The highest BCUT2D eigenvalue weighted by molar-refractivity contribution is 7.94. The SMILES string of the molecule is COCCN1C[C@@H](O)c2cc(S(N)(=O)=O)sc2S1(=O)=O. The van der Waals surface area contributed by atoms with Crippen LogP contribution in [-0.4, -0.2) is 53.1 Å². The van der Waals surface area contributed by atoms with Crippen molar-refractivity contribution in [2.24, 2.45) is 5.14 Å². The molecule has 1 aromatic rings. The van der Waals surface area contributed by atoms with Crippen LogP contribution in [0, 0.1) is 0 Å². The number of thiophene rings is 1. The monoisotopic (exact) mass is 342 g/mol. The number of methoxy groups -OCH3 is 1. The summed E-state index contributed by atoms with van der Waals surface area (Å²) in [5.41, 5.74) is 0.0766. The van der Waals surface area contributed by atoms with E-state index in [4.69, 9.17) is 9.88 Å². The Morgan fingerprint density at radius 2 is 2.25 bits per heavy atom. The summed E-state index contributed by atoms with van der Waals surface area (Å²) in [7, 11) is -6.41. The van der Waals surface area contributed by atoms with E-state index in [0.29, 0.717) is 11.3 Å². The van der Waals surface area contributed by atoms with Gasteiger partial charge in [0.25, 0.3) is 10.0 Å². The number of nitrogens with zero attached hydrogens (tertiary/aromatic N) is 1. The van der Waals surface area contributed by atoms with E-state index in [1.165, 1.54) is 7.11 Å². The molecular weight excluding hydrogens is 328 g/mol. The van der Waals surface area contributed by atoms with Crippen LogP contribution in [0.5, 0.6) is 0 Å². The lowest BCUT2D eigenvalue weighted by atomic mass is 10.2.